The van der Waals surface area contributed by atoms with Crippen molar-refractivity contribution >= 4 is 34.5 Å². The van der Waals surface area contributed by atoms with E-state index in [9.17, 15) is 9.59 Å². The monoisotopic (exact) mass is 310 g/mol. The van der Waals surface area contributed by atoms with E-state index in [2.05, 4.69) is 20.8 Å². The van der Waals surface area contributed by atoms with Gasteiger partial charge < -0.3 is 10.6 Å². The predicted molar refractivity (Wildman–Crippen MR) is 85.4 cm³/mol. The largest absolute Gasteiger partial charge is 0.356 e. The van der Waals surface area contributed by atoms with Crippen molar-refractivity contribution in [1.29, 1.82) is 0 Å². The lowest BCUT2D eigenvalue weighted by Gasteiger charge is -2.04. The Labute approximate surface area is 129 Å². The number of rotatable bonds is 4. The Balaban J connectivity index is 1.90. The highest BCUT2D eigenvalue weighted by molar-refractivity contribution is 8.15. The molecule has 1 atom stereocenters. The van der Waals surface area contributed by atoms with Crippen molar-refractivity contribution in [2.75, 3.05) is 6.54 Å². The third-order valence-corrected chi connectivity index (χ3v) is 4.56. The van der Waals surface area contributed by atoms with Crippen LogP contribution in [-0.4, -0.2) is 34.5 Å². The quantitative estimate of drug-likeness (QED) is 0.613. The van der Waals surface area contributed by atoms with Crippen LogP contribution >= 0.6 is 11.8 Å². The number of amidine groups is 1. The molecular weight excluding hydrogens is 288 g/mol. The molecule has 21 heavy (non-hydrogen) atoms. The van der Waals surface area contributed by atoms with E-state index >= 15 is 0 Å². The molecule has 7 heteroatoms. The minimum atomic E-state index is -0.398. The third kappa shape index (κ3) is 5.15. The number of thioether (sulfide) groups is 1. The van der Waals surface area contributed by atoms with Gasteiger partial charge in [0, 0.05) is 18.7 Å². The molecule has 2 rings (SSSR count). The van der Waals surface area contributed by atoms with Gasteiger partial charge in [0.15, 0.2) is 5.17 Å². The van der Waals surface area contributed by atoms with Crippen LogP contribution in [0, 0.1) is 0 Å². The van der Waals surface area contributed by atoms with Crippen LogP contribution in [0.1, 0.15) is 51.9 Å². The summed E-state index contributed by atoms with van der Waals surface area (Å²) < 4.78 is 0. The highest BCUT2D eigenvalue weighted by atomic mass is 32.2. The minimum absolute atomic E-state index is 0.110. The van der Waals surface area contributed by atoms with Crippen molar-refractivity contribution in [3.8, 4) is 0 Å². The van der Waals surface area contributed by atoms with Crippen molar-refractivity contribution in [3.05, 3.63) is 0 Å². The maximum absolute atomic E-state index is 11.8. The molecule has 116 valence electrons. The third-order valence-electron chi connectivity index (χ3n) is 3.48. The van der Waals surface area contributed by atoms with E-state index in [1.54, 1.807) is 0 Å². The van der Waals surface area contributed by atoms with Crippen molar-refractivity contribution in [2.45, 2.75) is 57.1 Å². The summed E-state index contributed by atoms with van der Waals surface area (Å²) in [4.78, 5) is 23.3. The van der Waals surface area contributed by atoms with Crippen LogP contribution in [0.2, 0.25) is 0 Å². The fourth-order valence-electron chi connectivity index (χ4n) is 2.38. The summed E-state index contributed by atoms with van der Waals surface area (Å²) >= 11 is 1.29. The number of amides is 2. The maximum Gasteiger partial charge on any atom is 0.240 e. The number of carbonyl (C=O) groups is 2. The topological polar surface area (TPSA) is 82.9 Å². The standard InChI is InChI=1S/C14H22N4O2S/c1-2-15-12(19)9-11-13(20)16-14(21-11)18-17-10-7-5-3-4-6-8-10/h11H,2-9H2,1H3,(H,15,19)(H,16,18,20). The summed E-state index contributed by atoms with van der Waals surface area (Å²) in [5, 5.41) is 13.9. The molecule has 0 spiro atoms. The molecule has 0 aromatic carbocycles. The van der Waals surface area contributed by atoms with Gasteiger partial charge in [-0.3, -0.25) is 9.59 Å². The summed E-state index contributed by atoms with van der Waals surface area (Å²) in [6.45, 7) is 2.43. The highest BCUT2D eigenvalue weighted by Crippen LogP contribution is 2.23. The summed E-state index contributed by atoms with van der Waals surface area (Å²) in [5.41, 5.74) is 1.11. The molecule has 1 unspecified atom stereocenters. The van der Waals surface area contributed by atoms with E-state index in [1.807, 2.05) is 6.92 Å². The van der Waals surface area contributed by atoms with E-state index in [4.69, 9.17) is 0 Å². The molecule has 1 aliphatic carbocycles. The van der Waals surface area contributed by atoms with Gasteiger partial charge in [0.25, 0.3) is 0 Å². The van der Waals surface area contributed by atoms with Gasteiger partial charge in [-0.2, -0.15) is 5.10 Å². The Morgan fingerprint density at radius 2 is 2.00 bits per heavy atom. The Kier molecular flexibility index (Phi) is 6.22. The molecule has 6 nitrogen and oxygen atoms in total. The summed E-state index contributed by atoms with van der Waals surface area (Å²) in [6, 6.07) is 0. The van der Waals surface area contributed by atoms with Gasteiger partial charge in [-0.1, -0.05) is 24.6 Å². The summed E-state index contributed by atoms with van der Waals surface area (Å²) in [6.07, 6.45) is 7.03. The maximum atomic E-state index is 11.8. The summed E-state index contributed by atoms with van der Waals surface area (Å²) in [7, 11) is 0. The van der Waals surface area contributed by atoms with Crippen molar-refractivity contribution in [1.82, 2.24) is 10.6 Å². The van der Waals surface area contributed by atoms with Crippen LogP contribution in [-0.2, 0) is 9.59 Å². The molecule has 0 bridgehead atoms. The Hall–Kier alpha value is -1.37. The first kappa shape index (κ1) is 16.0. The fourth-order valence-corrected chi connectivity index (χ4v) is 3.29. The lowest BCUT2D eigenvalue weighted by molar-refractivity contribution is -0.125. The van der Waals surface area contributed by atoms with E-state index < -0.39 is 5.25 Å². The lowest BCUT2D eigenvalue weighted by Crippen LogP contribution is -2.31. The van der Waals surface area contributed by atoms with Gasteiger partial charge >= 0.3 is 0 Å². The molecule has 2 N–H and O–H groups in total. The normalized spacial score (nSPS) is 24.6. The Morgan fingerprint density at radius 1 is 1.29 bits per heavy atom. The van der Waals surface area contributed by atoms with E-state index in [0.29, 0.717) is 11.7 Å². The molecule has 2 aliphatic rings. The molecule has 1 saturated heterocycles. The zero-order valence-electron chi connectivity index (χ0n) is 12.4. The van der Waals surface area contributed by atoms with Crippen molar-refractivity contribution in [2.24, 2.45) is 10.2 Å². The predicted octanol–water partition coefficient (Wildman–Crippen LogP) is 1.81. The smallest absolute Gasteiger partial charge is 0.240 e. The Morgan fingerprint density at radius 3 is 2.67 bits per heavy atom. The number of hydrogen-bond acceptors (Lipinski definition) is 5. The molecule has 1 heterocycles. The Bertz CT molecular complexity index is 452. The van der Waals surface area contributed by atoms with Gasteiger partial charge in [0.1, 0.15) is 5.25 Å². The lowest BCUT2D eigenvalue weighted by atomic mass is 10.2. The molecular formula is C14H22N4O2S. The molecule has 0 aromatic rings. The van der Waals surface area contributed by atoms with Crippen LogP contribution in [0.4, 0.5) is 0 Å². The zero-order chi connectivity index (χ0) is 15.1. The van der Waals surface area contributed by atoms with Crippen LogP contribution in [0.5, 0.6) is 0 Å². The molecule has 1 aliphatic heterocycles. The highest BCUT2D eigenvalue weighted by Gasteiger charge is 2.32. The first-order chi connectivity index (χ1) is 10.2. The second-order valence-electron chi connectivity index (χ2n) is 5.24. The van der Waals surface area contributed by atoms with Crippen LogP contribution in [0.3, 0.4) is 0 Å². The second kappa shape index (κ2) is 8.17. The van der Waals surface area contributed by atoms with Crippen LogP contribution in [0.25, 0.3) is 0 Å². The average molecular weight is 310 g/mol. The van der Waals surface area contributed by atoms with E-state index in [0.717, 1.165) is 18.6 Å². The van der Waals surface area contributed by atoms with Crippen LogP contribution < -0.4 is 10.6 Å². The molecule has 2 fully saturated rings. The molecule has 0 aromatic heterocycles. The minimum Gasteiger partial charge on any atom is -0.356 e. The zero-order valence-corrected chi connectivity index (χ0v) is 13.2. The molecule has 1 saturated carbocycles. The van der Waals surface area contributed by atoms with E-state index in [1.165, 1.54) is 37.4 Å². The number of nitrogens with zero attached hydrogens (tertiary/aromatic N) is 2. The molecule has 2 amide bonds. The first-order valence-corrected chi connectivity index (χ1v) is 8.44. The summed E-state index contributed by atoms with van der Waals surface area (Å²) in [5.74, 6) is -0.271. The second-order valence-corrected chi connectivity index (χ2v) is 6.43. The number of hydrogen-bond donors (Lipinski definition) is 2. The number of nitrogens with one attached hydrogen (secondary N) is 2. The SMILES string of the molecule is CCNC(=O)CC1S/C(=N\N=C2CCCCCC2)NC1=O. The fraction of sp³-hybridized carbons (Fsp3) is 0.714. The van der Waals surface area contributed by atoms with Crippen LogP contribution in [0.15, 0.2) is 10.2 Å². The number of carbonyl (C=O) groups excluding carboxylic acids is 2. The van der Waals surface area contributed by atoms with Gasteiger partial charge in [-0.15, -0.1) is 5.10 Å². The van der Waals surface area contributed by atoms with Gasteiger partial charge in [0.2, 0.25) is 11.8 Å². The van der Waals surface area contributed by atoms with Gasteiger partial charge in [-0.05, 0) is 32.6 Å². The van der Waals surface area contributed by atoms with Gasteiger partial charge in [0.05, 0.1) is 0 Å². The van der Waals surface area contributed by atoms with Gasteiger partial charge in [-0.25, -0.2) is 0 Å². The van der Waals surface area contributed by atoms with Crippen molar-refractivity contribution < 1.29 is 9.59 Å². The molecule has 0 radical (unpaired) electrons. The average Bonchev–Trinajstić information content (AvgIpc) is 2.67. The van der Waals surface area contributed by atoms with Crippen molar-refractivity contribution in [3.63, 3.8) is 0 Å². The van der Waals surface area contributed by atoms with E-state index in [-0.39, 0.29) is 18.2 Å². The first-order valence-electron chi connectivity index (χ1n) is 7.56.